The first-order valence-electron chi connectivity index (χ1n) is 6.30. The van der Waals surface area contributed by atoms with Gasteiger partial charge in [0.1, 0.15) is 0 Å². The zero-order valence-corrected chi connectivity index (χ0v) is 13.1. The van der Waals surface area contributed by atoms with Gasteiger partial charge in [0.25, 0.3) is 0 Å². The highest BCUT2D eigenvalue weighted by molar-refractivity contribution is 7.89. The summed E-state index contributed by atoms with van der Waals surface area (Å²) >= 11 is 1.50. The molecule has 6 nitrogen and oxygen atoms in total. The molecule has 0 amide bonds. The second-order valence-corrected chi connectivity index (χ2v) is 7.39. The maximum atomic E-state index is 12.3. The predicted molar refractivity (Wildman–Crippen MR) is 79.0 cm³/mol. The van der Waals surface area contributed by atoms with Gasteiger partial charge in [-0.3, -0.25) is 0 Å². The Morgan fingerprint density at radius 3 is 2.85 bits per heavy atom. The second kappa shape index (κ2) is 6.49. The van der Waals surface area contributed by atoms with Crippen molar-refractivity contribution in [3.8, 4) is 0 Å². The average molecular weight is 314 g/mol. The van der Waals surface area contributed by atoms with Crippen LogP contribution >= 0.6 is 11.3 Å². The lowest BCUT2D eigenvalue weighted by Crippen LogP contribution is -2.23. The maximum Gasteiger partial charge on any atom is 0.242 e. The summed E-state index contributed by atoms with van der Waals surface area (Å²) in [5, 5.41) is 3.19. The Morgan fingerprint density at radius 2 is 2.20 bits per heavy atom. The molecule has 0 radical (unpaired) electrons. The van der Waals surface area contributed by atoms with Crippen LogP contribution in [0.4, 0.5) is 0 Å². The van der Waals surface area contributed by atoms with Crippen molar-refractivity contribution in [2.75, 3.05) is 6.54 Å². The van der Waals surface area contributed by atoms with Gasteiger partial charge in [0, 0.05) is 28.2 Å². The number of aryl methyl sites for hydroxylation is 1. The largest absolute Gasteiger partial charge is 0.347 e. The SMILES string of the molecule is CCNCc1cc(S(=O)(=O)NCc2cnc[nH]2)c(C)s1. The van der Waals surface area contributed by atoms with Crippen molar-refractivity contribution in [3.05, 3.63) is 34.0 Å². The first kappa shape index (κ1) is 15.2. The third-order valence-electron chi connectivity index (χ3n) is 2.77. The number of thiophene rings is 1. The third-order valence-corrected chi connectivity index (χ3v) is 5.48. The Kier molecular flexibility index (Phi) is 4.92. The summed E-state index contributed by atoms with van der Waals surface area (Å²) < 4.78 is 27.1. The van der Waals surface area contributed by atoms with E-state index in [2.05, 4.69) is 20.0 Å². The number of sulfonamides is 1. The molecule has 0 aliphatic heterocycles. The van der Waals surface area contributed by atoms with E-state index in [1.165, 1.54) is 17.7 Å². The first-order chi connectivity index (χ1) is 9.53. The molecule has 3 N–H and O–H groups in total. The molecule has 0 spiro atoms. The highest BCUT2D eigenvalue weighted by atomic mass is 32.2. The van der Waals surface area contributed by atoms with Crippen molar-refractivity contribution in [1.29, 1.82) is 0 Å². The minimum Gasteiger partial charge on any atom is -0.347 e. The number of nitrogens with zero attached hydrogens (tertiary/aromatic N) is 1. The van der Waals surface area contributed by atoms with Crippen molar-refractivity contribution >= 4 is 21.4 Å². The molecule has 0 aromatic carbocycles. The lowest BCUT2D eigenvalue weighted by molar-refractivity contribution is 0.580. The summed E-state index contributed by atoms with van der Waals surface area (Å²) in [6.07, 6.45) is 3.12. The number of nitrogens with one attached hydrogen (secondary N) is 3. The van der Waals surface area contributed by atoms with Crippen LogP contribution in [0.3, 0.4) is 0 Å². The topological polar surface area (TPSA) is 86.9 Å². The number of rotatable bonds is 7. The van der Waals surface area contributed by atoms with E-state index in [1.807, 2.05) is 13.8 Å². The summed E-state index contributed by atoms with van der Waals surface area (Å²) in [7, 11) is -3.49. The molecule has 20 heavy (non-hydrogen) atoms. The predicted octanol–water partition coefficient (Wildman–Crippen LogP) is 1.37. The van der Waals surface area contributed by atoms with Crippen LogP contribution < -0.4 is 10.0 Å². The summed E-state index contributed by atoms with van der Waals surface area (Å²) in [6.45, 7) is 5.60. The van der Waals surface area contributed by atoms with Gasteiger partial charge in [0.2, 0.25) is 10.0 Å². The molecular weight excluding hydrogens is 296 g/mol. The molecule has 0 aliphatic rings. The van der Waals surface area contributed by atoms with Crippen molar-refractivity contribution in [3.63, 3.8) is 0 Å². The van der Waals surface area contributed by atoms with E-state index in [9.17, 15) is 8.42 Å². The standard InChI is InChI=1S/C12H18N4O2S2/c1-3-13-7-11-4-12(9(2)19-11)20(17,18)16-6-10-5-14-8-15-10/h4-5,8,13,16H,3,6-7H2,1-2H3,(H,14,15). The van der Waals surface area contributed by atoms with Crippen molar-refractivity contribution in [1.82, 2.24) is 20.0 Å². The monoisotopic (exact) mass is 314 g/mol. The number of imidazole rings is 1. The van der Waals surface area contributed by atoms with Crippen molar-refractivity contribution in [2.45, 2.75) is 31.8 Å². The molecule has 2 aromatic rings. The average Bonchev–Trinajstić information content (AvgIpc) is 3.03. The van der Waals surface area contributed by atoms with Gasteiger partial charge in [0.05, 0.1) is 17.8 Å². The van der Waals surface area contributed by atoms with E-state index in [0.717, 1.165) is 22.0 Å². The molecule has 0 saturated carbocycles. The van der Waals surface area contributed by atoms with Gasteiger partial charge in [-0.15, -0.1) is 11.3 Å². The van der Waals surface area contributed by atoms with Crippen molar-refractivity contribution < 1.29 is 8.42 Å². The van der Waals surface area contributed by atoms with Gasteiger partial charge in [-0.2, -0.15) is 0 Å². The number of aromatic nitrogens is 2. The Balaban J connectivity index is 2.10. The summed E-state index contributed by atoms with van der Waals surface area (Å²) in [4.78, 5) is 8.89. The van der Waals surface area contributed by atoms with E-state index >= 15 is 0 Å². The zero-order valence-electron chi connectivity index (χ0n) is 11.4. The molecular formula is C12H18N4O2S2. The fraction of sp³-hybridized carbons (Fsp3) is 0.417. The van der Waals surface area contributed by atoms with Gasteiger partial charge >= 0.3 is 0 Å². The fourth-order valence-corrected chi connectivity index (χ4v) is 4.37. The fourth-order valence-electron chi connectivity index (χ4n) is 1.76. The Morgan fingerprint density at radius 1 is 1.40 bits per heavy atom. The number of hydrogen-bond donors (Lipinski definition) is 3. The van der Waals surface area contributed by atoms with Crippen LogP contribution in [-0.4, -0.2) is 24.9 Å². The van der Waals surface area contributed by atoms with E-state index in [1.54, 1.807) is 12.3 Å². The van der Waals surface area contributed by atoms with E-state index in [4.69, 9.17) is 0 Å². The maximum absolute atomic E-state index is 12.3. The summed E-state index contributed by atoms with van der Waals surface area (Å²) in [5.41, 5.74) is 0.731. The molecule has 0 bridgehead atoms. The molecule has 2 heterocycles. The van der Waals surface area contributed by atoms with Gasteiger partial charge < -0.3 is 10.3 Å². The van der Waals surface area contributed by atoms with Gasteiger partial charge in [0.15, 0.2) is 0 Å². The highest BCUT2D eigenvalue weighted by Gasteiger charge is 2.19. The molecule has 0 atom stereocenters. The number of H-pyrrole nitrogens is 1. The lowest BCUT2D eigenvalue weighted by Gasteiger charge is -2.04. The van der Waals surface area contributed by atoms with E-state index in [0.29, 0.717) is 11.4 Å². The van der Waals surface area contributed by atoms with Crippen LogP contribution in [-0.2, 0) is 23.1 Å². The highest BCUT2D eigenvalue weighted by Crippen LogP contribution is 2.25. The van der Waals surface area contributed by atoms with Crippen LogP contribution in [0.5, 0.6) is 0 Å². The first-order valence-corrected chi connectivity index (χ1v) is 8.60. The number of aromatic amines is 1. The van der Waals surface area contributed by atoms with Crippen LogP contribution in [0.2, 0.25) is 0 Å². The lowest BCUT2D eigenvalue weighted by atomic mass is 10.4. The summed E-state index contributed by atoms with van der Waals surface area (Å²) in [6, 6.07) is 1.73. The molecule has 0 fully saturated rings. The molecule has 2 rings (SSSR count). The molecule has 110 valence electrons. The normalized spacial score (nSPS) is 11.9. The van der Waals surface area contributed by atoms with Gasteiger partial charge in [-0.05, 0) is 19.5 Å². The third kappa shape index (κ3) is 3.66. The minimum absolute atomic E-state index is 0.208. The van der Waals surface area contributed by atoms with Crippen LogP contribution in [0.25, 0.3) is 0 Å². The Labute approximate surface area is 122 Å². The Hall–Kier alpha value is -1.22. The quantitative estimate of drug-likeness (QED) is 0.720. The molecule has 2 aromatic heterocycles. The van der Waals surface area contributed by atoms with Crippen LogP contribution in [0.1, 0.15) is 22.4 Å². The van der Waals surface area contributed by atoms with Crippen LogP contribution in [0, 0.1) is 6.92 Å². The van der Waals surface area contributed by atoms with Crippen LogP contribution in [0.15, 0.2) is 23.5 Å². The molecule has 0 unspecified atom stereocenters. The van der Waals surface area contributed by atoms with E-state index < -0.39 is 10.0 Å². The summed E-state index contributed by atoms with van der Waals surface area (Å²) in [5.74, 6) is 0. The van der Waals surface area contributed by atoms with E-state index in [-0.39, 0.29) is 6.54 Å². The molecule has 0 aliphatic carbocycles. The molecule has 8 heteroatoms. The zero-order chi connectivity index (χ0) is 14.6. The number of hydrogen-bond acceptors (Lipinski definition) is 5. The molecule has 0 saturated heterocycles. The van der Waals surface area contributed by atoms with Gasteiger partial charge in [-0.25, -0.2) is 18.1 Å². The van der Waals surface area contributed by atoms with Gasteiger partial charge in [-0.1, -0.05) is 6.92 Å². The van der Waals surface area contributed by atoms with Crippen molar-refractivity contribution in [2.24, 2.45) is 0 Å². The minimum atomic E-state index is -3.49. The Bertz CT molecular complexity index is 647. The second-order valence-electron chi connectivity index (χ2n) is 4.31. The smallest absolute Gasteiger partial charge is 0.242 e.